The quantitative estimate of drug-likeness (QED) is 0.649. The van der Waals surface area contributed by atoms with Gasteiger partial charge in [-0.05, 0) is 43.3 Å². The van der Waals surface area contributed by atoms with Gasteiger partial charge in [-0.2, -0.15) is 0 Å². The number of hydrogen-bond donors (Lipinski definition) is 2. The first-order valence-corrected chi connectivity index (χ1v) is 5.75. The Kier molecular flexibility index (Phi) is 3.87. The highest BCUT2D eigenvalue weighted by molar-refractivity contribution is 5.95. The Bertz CT molecular complexity index is 577. The van der Waals surface area contributed by atoms with Gasteiger partial charge < -0.3 is 10.9 Å². The molecule has 2 N–H and O–H groups in total. The van der Waals surface area contributed by atoms with Gasteiger partial charge in [0.15, 0.2) is 0 Å². The number of anilines is 2. The van der Waals surface area contributed by atoms with Gasteiger partial charge in [0.1, 0.15) is 0 Å². The van der Waals surface area contributed by atoms with E-state index in [1.165, 1.54) is 5.56 Å². The molecule has 0 aliphatic heterocycles. The van der Waals surface area contributed by atoms with Crippen molar-refractivity contribution in [1.82, 2.24) is 0 Å². The van der Waals surface area contributed by atoms with Crippen molar-refractivity contribution in [3.05, 3.63) is 64.6 Å². The van der Waals surface area contributed by atoms with Crippen molar-refractivity contribution in [2.24, 2.45) is 5.18 Å². The number of hydrazine groups is 1. The Morgan fingerprint density at radius 2 is 1.37 bits per heavy atom. The smallest absolute Gasteiger partial charge is 0.301 e. The third kappa shape index (κ3) is 3.38. The molecular formula is C14H13N3O2. The number of hydrogen-bond acceptors (Lipinski definition) is 4. The minimum Gasteiger partial charge on any atom is -0.301 e. The molecule has 0 saturated carbocycles. The van der Waals surface area contributed by atoms with Crippen LogP contribution in [0.2, 0.25) is 0 Å². The zero-order valence-electron chi connectivity index (χ0n) is 10.4. The van der Waals surface area contributed by atoms with Crippen LogP contribution in [0.3, 0.4) is 0 Å². The molecule has 0 spiro atoms. The Morgan fingerprint density at radius 3 is 1.84 bits per heavy atom. The second kappa shape index (κ2) is 5.77. The molecule has 0 aliphatic carbocycles. The zero-order chi connectivity index (χ0) is 13.7. The van der Waals surface area contributed by atoms with Crippen LogP contribution < -0.4 is 10.9 Å². The van der Waals surface area contributed by atoms with E-state index in [1.807, 2.05) is 31.2 Å². The minimum atomic E-state index is -0.766. The molecule has 2 aromatic carbocycles. The second-order valence-electron chi connectivity index (χ2n) is 4.09. The molecule has 0 bridgehead atoms. The lowest BCUT2D eigenvalue weighted by molar-refractivity contribution is 0.100. The van der Waals surface area contributed by atoms with Crippen molar-refractivity contribution in [3.8, 4) is 0 Å². The number of carbonyl (C=O) groups excluding carboxylic acids is 1. The number of benzene rings is 2. The second-order valence-corrected chi connectivity index (χ2v) is 4.09. The maximum absolute atomic E-state index is 11.0. The van der Waals surface area contributed by atoms with Crippen LogP contribution in [-0.2, 0) is 0 Å². The molecule has 2 rings (SSSR count). The fourth-order valence-corrected chi connectivity index (χ4v) is 1.53. The predicted octanol–water partition coefficient (Wildman–Crippen LogP) is 3.34. The van der Waals surface area contributed by atoms with E-state index in [9.17, 15) is 9.70 Å². The van der Waals surface area contributed by atoms with Gasteiger partial charge in [0, 0.05) is 10.7 Å². The van der Waals surface area contributed by atoms with Crippen LogP contribution in [0.4, 0.5) is 11.4 Å². The summed E-state index contributed by atoms with van der Waals surface area (Å²) in [6, 6.07) is 14.4. The van der Waals surface area contributed by atoms with Gasteiger partial charge in [-0.1, -0.05) is 17.7 Å². The summed E-state index contributed by atoms with van der Waals surface area (Å²) in [7, 11) is 0. The normalized spacial score (nSPS) is 9.74. The number of aryl methyl sites for hydroxylation is 1. The van der Waals surface area contributed by atoms with Crippen molar-refractivity contribution < 1.29 is 4.79 Å². The monoisotopic (exact) mass is 255 g/mol. The highest BCUT2D eigenvalue weighted by atomic mass is 16.3. The van der Waals surface area contributed by atoms with E-state index in [2.05, 4.69) is 16.0 Å². The summed E-state index contributed by atoms with van der Waals surface area (Å²) in [5.74, 6) is -0.766. The Morgan fingerprint density at radius 1 is 0.895 bits per heavy atom. The van der Waals surface area contributed by atoms with Crippen LogP contribution in [0, 0.1) is 11.8 Å². The van der Waals surface area contributed by atoms with Crippen molar-refractivity contribution >= 4 is 17.3 Å². The zero-order valence-corrected chi connectivity index (χ0v) is 10.4. The number of carbonyl (C=O) groups is 1. The SMILES string of the molecule is Cc1ccc(NNc2ccc(C(=O)N=O)cc2)cc1. The summed E-state index contributed by atoms with van der Waals surface area (Å²) in [5.41, 5.74) is 9.20. The van der Waals surface area contributed by atoms with Crippen molar-refractivity contribution in [2.45, 2.75) is 6.92 Å². The van der Waals surface area contributed by atoms with Gasteiger partial charge >= 0.3 is 5.91 Å². The Labute approximate surface area is 110 Å². The molecule has 5 nitrogen and oxygen atoms in total. The van der Waals surface area contributed by atoms with Crippen molar-refractivity contribution in [3.63, 3.8) is 0 Å². The first kappa shape index (κ1) is 12.8. The molecule has 2 aromatic rings. The average molecular weight is 255 g/mol. The molecule has 1 amide bonds. The summed E-state index contributed by atoms with van der Waals surface area (Å²) >= 11 is 0. The molecule has 0 heterocycles. The molecule has 0 fully saturated rings. The number of nitrogens with zero attached hydrogens (tertiary/aromatic N) is 1. The lowest BCUT2D eigenvalue weighted by Crippen LogP contribution is -2.08. The number of nitrogens with one attached hydrogen (secondary N) is 2. The lowest BCUT2D eigenvalue weighted by Gasteiger charge is -2.10. The maximum Gasteiger partial charge on any atom is 0.316 e. The molecular weight excluding hydrogens is 242 g/mol. The van der Waals surface area contributed by atoms with Crippen LogP contribution in [0.5, 0.6) is 0 Å². The van der Waals surface area contributed by atoms with Gasteiger partial charge in [-0.3, -0.25) is 4.79 Å². The molecule has 0 radical (unpaired) electrons. The van der Waals surface area contributed by atoms with E-state index in [4.69, 9.17) is 0 Å². The number of nitroso groups, excluding NO2 is 1. The first-order valence-electron chi connectivity index (χ1n) is 5.75. The summed E-state index contributed by atoms with van der Waals surface area (Å²) < 4.78 is 0. The highest BCUT2D eigenvalue weighted by Crippen LogP contribution is 2.13. The molecule has 0 atom stereocenters. The third-order valence-corrected chi connectivity index (χ3v) is 2.62. The number of rotatable bonds is 4. The minimum absolute atomic E-state index is 0.274. The van der Waals surface area contributed by atoms with Gasteiger partial charge in [-0.15, -0.1) is 4.91 Å². The van der Waals surface area contributed by atoms with Gasteiger partial charge in [0.05, 0.1) is 11.4 Å². The molecule has 5 heteroatoms. The van der Waals surface area contributed by atoms with Crippen molar-refractivity contribution in [1.29, 1.82) is 0 Å². The third-order valence-electron chi connectivity index (χ3n) is 2.62. The summed E-state index contributed by atoms with van der Waals surface area (Å²) in [6.07, 6.45) is 0. The van der Waals surface area contributed by atoms with Crippen molar-refractivity contribution in [2.75, 3.05) is 10.9 Å². The molecule has 0 aromatic heterocycles. The van der Waals surface area contributed by atoms with Gasteiger partial charge in [-0.25, -0.2) is 0 Å². The molecule has 0 unspecified atom stereocenters. The Balaban J connectivity index is 1.98. The summed E-state index contributed by atoms with van der Waals surface area (Å²) in [5, 5.41) is 2.37. The standard InChI is InChI=1S/C14H13N3O2/c1-10-2-6-12(7-3-10)15-16-13-8-4-11(5-9-13)14(18)17-19/h2-9,15-16H,1H3. The number of amides is 1. The lowest BCUT2D eigenvalue weighted by atomic mass is 10.2. The Hall–Kier alpha value is -2.69. The fourth-order valence-electron chi connectivity index (χ4n) is 1.53. The van der Waals surface area contributed by atoms with E-state index in [-0.39, 0.29) is 5.56 Å². The molecule has 19 heavy (non-hydrogen) atoms. The highest BCUT2D eigenvalue weighted by Gasteiger charge is 2.04. The van der Waals surface area contributed by atoms with Crippen LogP contribution in [0.1, 0.15) is 15.9 Å². The predicted molar refractivity (Wildman–Crippen MR) is 75.0 cm³/mol. The van der Waals surface area contributed by atoms with Crippen LogP contribution >= 0.6 is 0 Å². The summed E-state index contributed by atoms with van der Waals surface area (Å²) in [4.78, 5) is 21.1. The fraction of sp³-hybridized carbons (Fsp3) is 0.0714. The molecule has 96 valence electrons. The van der Waals surface area contributed by atoms with E-state index >= 15 is 0 Å². The molecule has 0 saturated heterocycles. The maximum atomic E-state index is 11.0. The van der Waals surface area contributed by atoms with E-state index < -0.39 is 5.91 Å². The van der Waals surface area contributed by atoms with Gasteiger partial charge in [0.2, 0.25) is 0 Å². The van der Waals surface area contributed by atoms with Crippen LogP contribution in [-0.4, -0.2) is 5.91 Å². The average Bonchev–Trinajstić information content (AvgIpc) is 2.46. The van der Waals surface area contributed by atoms with Gasteiger partial charge in [0.25, 0.3) is 0 Å². The van der Waals surface area contributed by atoms with Crippen LogP contribution in [0.15, 0.2) is 53.7 Å². The molecule has 0 aliphatic rings. The van der Waals surface area contributed by atoms with E-state index in [0.717, 1.165) is 11.4 Å². The van der Waals surface area contributed by atoms with Crippen LogP contribution in [0.25, 0.3) is 0 Å². The summed E-state index contributed by atoms with van der Waals surface area (Å²) in [6.45, 7) is 2.02. The largest absolute Gasteiger partial charge is 0.316 e. The topological polar surface area (TPSA) is 70.6 Å². The first-order chi connectivity index (χ1) is 9.19. The van der Waals surface area contributed by atoms with E-state index in [0.29, 0.717) is 0 Å². The van der Waals surface area contributed by atoms with E-state index in [1.54, 1.807) is 24.3 Å².